The van der Waals surface area contributed by atoms with Gasteiger partial charge in [0, 0.05) is 6.54 Å². The van der Waals surface area contributed by atoms with E-state index in [2.05, 4.69) is 17.2 Å². The standard InChI is InChI=1S/C10H18N4/c1-8-3-2-4-10(5-8)14-7-9(6-11)12-13-14/h7-8,10H,2-6,11H2,1H3. The van der Waals surface area contributed by atoms with Crippen LogP contribution in [0.4, 0.5) is 0 Å². The van der Waals surface area contributed by atoms with Gasteiger partial charge in [0.25, 0.3) is 0 Å². The molecule has 2 atom stereocenters. The number of aromatic nitrogens is 3. The first-order valence-electron chi connectivity index (χ1n) is 5.40. The van der Waals surface area contributed by atoms with Gasteiger partial charge in [-0.2, -0.15) is 0 Å². The van der Waals surface area contributed by atoms with Crippen LogP contribution >= 0.6 is 0 Å². The molecule has 4 nitrogen and oxygen atoms in total. The lowest BCUT2D eigenvalue weighted by Gasteiger charge is -2.26. The van der Waals surface area contributed by atoms with Crippen molar-refractivity contribution < 1.29 is 0 Å². The quantitative estimate of drug-likeness (QED) is 0.776. The van der Waals surface area contributed by atoms with Gasteiger partial charge < -0.3 is 5.73 Å². The average Bonchev–Trinajstić information content (AvgIpc) is 2.66. The highest BCUT2D eigenvalue weighted by Crippen LogP contribution is 2.31. The Hall–Kier alpha value is -0.900. The third-order valence-electron chi connectivity index (χ3n) is 3.05. The van der Waals surface area contributed by atoms with Crippen molar-refractivity contribution in [2.24, 2.45) is 11.7 Å². The minimum atomic E-state index is 0.488. The second-order valence-electron chi connectivity index (χ2n) is 4.32. The van der Waals surface area contributed by atoms with Gasteiger partial charge in [-0.25, -0.2) is 4.68 Å². The van der Waals surface area contributed by atoms with Crippen LogP contribution in [0.5, 0.6) is 0 Å². The Bertz CT molecular complexity index is 294. The van der Waals surface area contributed by atoms with Gasteiger partial charge in [-0.15, -0.1) is 5.10 Å². The van der Waals surface area contributed by atoms with E-state index >= 15 is 0 Å². The SMILES string of the molecule is CC1CCCC(n2cc(CN)nn2)C1. The summed E-state index contributed by atoms with van der Waals surface area (Å²) >= 11 is 0. The molecule has 2 unspecified atom stereocenters. The maximum Gasteiger partial charge on any atom is 0.0962 e. The molecule has 0 aromatic carbocycles. The van der Waals surface area contributed by atoms with Crippen LogP contribution in [-0.2, 0) is 6.54 Å². The molecule has 1 fully saturated rings. The fraction of sp³-hybridized carbons (Fsp3) is 0.800. The third-order valence-corrected chi connectivity index (χ3v) is 3.05. The summed E-state index contributed by atoms with van der Waals surface area (Å²) in [6, 6.07) is 0.548. The topological polar surface area (TPSA) is 56.7 Å². The van der Waals surface area contributed by atoms with Gasteiger partial charge in [-0.3, -0.25) is 0 Å². The van der Waals surface area contributed by atoms with Crippen LogP contribution in [0.25, 0.3) is 0 Å². The zero-order valence-electron chi connectivity index (χ0n) is 8.69. The van der Waals surface area contributed by atoms with Crippen LogP contribution < -0.4 is 5.73 Å². The van der Waals surface area contributed by atoms with Crippen molar-refractivity contribution in [3.05, 3.63) is 11.9 Å². The highest BCUT2D eigenvalue weighted by molar-refractivity contribution is 4.92. The van der Waals surface area contributed by atoms with E-state index in [4.69, 9.17) is 5.73 Å². The van der Waals surface area contributed by atoms with Crippen molar-refractivity contribution in [2.75, 3.05) is 0 Å². The molecule has 0 bridgehead atoms. The Balaban J connectivity index is 2.06. The second kappa shape index (κ2) is 4.09. The molecule has 0 radical (unpaired) electrons. The predicted molar refractivity (Wildman–Crippen MR) is 54.6 cm³/mol. The molecule has 14 heavy (non-hydrogen) atoms. The summed E-state index contributed by atoms with van der Waals surface area (Å²) in [4.78, 5) is 0. The molecule has 1 aromatic heterocycles. The van der Waals surface area contributed by atoms with Gasteiger partial charge in [-0.1, -0.05) is 25.0 Å². The summed E-state index contributed by atoms with van der Waals surface area (Å²) in [5, 5.41) is 8.15. The van der Waals surface area contributed by atoms with E-state index in [1.165, 1.54) is 25.7 Å². The van der Waals surface area contributed by atoms with Crippen LogP contribution in [0.2, 0.25) is 0 Å². The molecule has 1 heterocycles. The largest absolute Gasteiger partial charge is 0.325 e. The molecule has 0 amide bonds. The smallest absolute Gasteiger partial charge is 0.0962 e. The van der Waals surface area contributed by atoms with Crippen LogP contribution in [0.3, 0.4) is 0 Å². The number of nitrogens with two attached hydrogens (primary N) is 1. The van der Waals surface area contributed by atoms with Crippen molar-refractivity contribution in [1.82, 2.24) is 15.0 Å². The van der Waals surface area contributed by atoms with Gasteiger partial charge in [0.05, 0.1) is 17.9 Å². The molecule has 1 aliphatic carbocycles. The van der Waals surface area contributed by atoms with Gasteiger partial charge in [0.15, 0.2) is 0 Å². The van der Waals surface area contributed by atoms with Crippen LogP contribution in [0.15, 0.2) is 6.20 Å². The molecular weight excluding hydrogens is 176 g/mol. The van der Waals surface area contributed by atoms with Gasteiger partial charge in [0.1, 0.15) is 0 Å². The van der Waals surface area contributed by atoms with Crippen LogP contribution in [0, 0.1) is 5.92 Å². The van der Waals surface area contributed by atoms with E-state index in [1.807, 2.05) is 10.9 Å². The first kappa shape index (κ1) is 9.65. The number of hydrogen-bond acceptors (Lipinski definition) is 3. The molecule has 78 valence electrons. The fourth-order valence-corrected chi connectivity index (χ4v) is 2.23. The van der Waals surface area contributed by atoms with E-state index in [0.717, 1.165) is 11.6 Å². The minimum Gasteiger partial charge on any atom is -0.325 e. The maximum atomic E-state index is 5.50. The van der Waals surface area contributed by atoms with Crippen molar-refractivity contribution in [2.45, 2.75) is 45.2 Å². The Kier molecular flexibility index (Phi) is 2.82. The number of nitrogens with zero attached hydrogens (tertiary/aromatic N) is 3. The Morgan fingerprint density at radius 2 is 2.43 bits per heavy atom. The lowest BCUT2D eigenvalue weighted by Crippen LogP contribution is -2.18. The summed E-state index contributed by atoms with van der Waals surface area (Å²) in [6.45, 7) is 2.80. The van der Waals surface area contributed by atoms with Crippen LogP contribution in [-0.4, -0.2) is 15.0 Å². The fourth-order valence-electron chi connectivity index (χ4n) is 2.23. The summed E-state index contributed by atoms with van der Waals surface area (Å²) in [5.74, 6) is 0.819. The van der Waals surface area contributed by atoms with E-state index in [1.54, 1.807) is 0 Å². The zero-order chi connectivity index (χ0) is 9.97. The summed E-state index contributed by atoms with van der Waals surface area (Å²) < 4.78 is 2.00. The van der Waals surface area contributed by atoms with Crippen molar-refractivity contribution in [1.29, 1.82) is 0 Å². The first-order chi connectivity index (χ1) is 6.79. The molecule has 2 N–H and O–H groups in total. The maximum absolute atomic E-state index is 5.50. The molecule has 1 saturated carbocycles. The third kappa shape index (κ3) is 1.95. The van der Waals surface area contributed by atoms with Crippen molar-refractivity contribution in [3.63, 3.8) is 0 Å². The van der Waals surface area contributed by atoms with E-state index < -0.39 is 0 Å². The lowest BCUT2D eigenvalue weighted by atomic mass is 9.87. The monoisotopic (exact) mass is 194 g/mol. The van der Waals surface area contributed by atoms with Gasteiger partial charge in [-0.05, 0) is 18.8 Å². The number of hydrogen-bond donors (Lipinski definition) is 1. The molecule has 1 aliphatic rings. The van der Waals surface area contributed by atoms with E-state index in [-0.39, 0.29) is 0 Å². The Morgan fingerprint density at radius 3 is 3.07 bits per heavy atom. The molecule has 4 heteroatoms. The molecule has 0 spiro atoms. The summed E-state index contributed by atoms with van der Waals surface area (Å²) in [7, 11) is 0. The highest BCUT2D eigenvalue weighted by Gasteiger charge is 2.21. The average molecular weight is 194 g/mol. The highest BCUT2D eigenvalue weighted by atomic mass is 15.4. The molecule has 0 saturated heterocycles. The van der Waals surface area contributed by atoms with E-state index in [0.29, 0.717) is 12.6 Å². The number of rotatable bonds is 2. The van der Waals surface area contributed by atoms with Crippen LogP contribution in [0.1, 0.15) is 44.3 Å². The molecule has 0 aliphatic heterocycles. The minimum absolute atomic E-state index is 0.488. The predicted octanol–water partition coefficient (Wildman–Crippen LogP) is 1.49. The van der Waals surface area contributed by atoms with Crippen molar-refractivity contribution in [3.8, 4) is 0 Å². The summed E-state index contributed by atoms with van der Waals surface area (Å²) in [6.07, 6.45) is 7.12. The summed E-state index contributed by atoms with van der Waals surface area (Å²) in [5.41, 5.74) is 6.40. The first-order valence-corrected chi connectivity index (χ1v) is 5.40. The second-order valence-corrected chi connectivity index (χ2v) is 4.32. The molecular formula is C10H18N4. The normalized spacial score (nSPS) is 27.9. The molecule has 1 aromatic rings. The van der Waals surface area contributed by atoms with Gasteiger partial charge >= 0.3 is 0 Å². The van der Waals surface area contributed by atoms with E-state index in [9.17, 15) is 0 Å². The zero-order valence-corrected chi connectivity index (χ0v) is 8.69. The molecule has 2 rings (SSSR count). The Labute approximate surface area is 84.5 Å². The van der Waals surface area contributed by atoms with Gasteiger partial charge in [0.2, 0.25) is 0 Å². The Morgan fingerprint density at radius 1 is 1.57 bits per heavy atom. The van der Waals surface area contributed by atoms with Crippen molar-refractivity contribution >= 4 is 0 Å². The lowest BCUT2D eigenvalue weighted by molar-refractivity contribution is 0.263.